The molecule has 148 valence electrons. The number of carbonyl (C=O) groups is 1. The number of ether oxygens (including phenoxy) is 2. The minimum Gasteiger partial charge on any atom is -0.495 e. The number of fused-ring (bicyclic) bond motifs is 1. The van der Waals surface area contributed by atoms with Crippen LogP contribution in [0.3, 0.4) is 0 Å². The Labute approximate surface area is 166 Å². The molecule has 1 atom stereocenters. The summed E-state index contributed by atoms with van der Waals surface area (Å²) < 4.78 is 10.3. The highest BCUT2D eigenvalue weighted by molar-refractivity contribution is 6.32. The molecule has 0 spiro atoms. The fraction of sp³-hybridized carbons (Fsp3) is 0.278. The summed E-state index contributed by atoms with van der Waals surface area (Å²) >= 11 is 6.03. The lowest BCUT2D eigenvalue weighted by molar-refractivity contribution is 0.249. The zero-order chi connectivity index (χ0) is 20.3. The van der Waals surface area contributed by atoms with E-state index in [-0.39, 0.29) is 18.5 Å². The molecule has 10 heteroatoms. The number of aliphatic hydroxyl groups is 1. The number of hydrogen-bond donors (Lipinski definition) is 4. The number of methoxy groups -OCH3 is 2. The second-order valence-electron chi connectivity index (χ2n) is 5.98. The lowest BCUT2D eigenvalue weighted by Gasteiger charge is -2.16. The largest absolute Gasteiger partial charge is 0.495 e. The second-order valence-corrected chi connectivity index (χ2v) is 6.39. The molecule has 1 unspecified atom stereocenters. The number of nitrogens with zero attached hydrogens (tertiary/aromatic N) is 2. The highest BCUT2D eigenvalue weighted by Crippen LogP contribution is 2.29. The van der Waals surface area contributed by atoms with E-state index in [1.807, 2.05) is 6.92 Å². The third-order valence-corrected chi connectivity index (χ3v) is 4.51. The van der Waals surface area contributed by atoms with Crippen molar-refractivity contribution in [3.8, 4) is 11.6 Å². The minimum absolute atomic E-state index is 0.265. The van der Waals surface area contributed by atoms with Crippen LogP contribution in [0.15, 0.2) is 24.3 Å². The quantitative estimate of drug-likeness (QED) is 0.500. The van der Waals surface area contributed by atoms with Crippen molar-refractivity contribution in [1.82, 2.24) is 20.5 Å². The molecule has 0 fully saturated rings. The van der Waals surface area contributed by atoms with Crippen LogP contribution in [0.25, 0.3) is 10.9 Å². The molecule has 0 aliphatic rings. The van der Waals surface area contributed by atoms with Crippen molar-refractivity contribution >= 4 is 34.4 Å². The molecule has 2 heterocycles. The summed E-state index contributed by atoms with van der Waals surface area (Å²) in [6.45, 7) is 1.50. The van der Waals surface area contributed by atoms with E-state index >= 15 is 0 Å². The van der Waals surface area contributed by atoms with E-state index in [9.17, 15) is 9.90 Å². The first-order valence-electron chi connectivity index (χ1n) is 8.40. The monoisotopic (exact) mass is 405 g/mol. The normalized spacial score (nSPS) is 11.9. The Morgan fingerprint density at radius 3 is 2.79 bits per heavy atom. The predicted octanol–water partition coefficient (Wildman–Crippen LogP) is 3.00. The standard InChI is InChI=1S/C18H20ClN5O4/c1-9(10-4-5-11(19)14(6-10)27-2)20-18(26)22-15-7-12-16(13(8-25)21-15)17(28-3)24-23-12/h4-7,9,25H,8H2,1-3H3,(H,23,24)(H2,20,21,22,26). The van der Waals surface area contributed by atoms with E-state index in [2.05, 4.69) is 25.8 Å². The molecule has 0 aliphatic carbocycles. The van der Waals surface area contributed by atoms with Crippen molar-refractivity contribution in [3.63, 3.8) is 0 Å². The van der Waals surface area contributed by atoms with Crippen molar-refractivity contribution in [2.75, 3.05) is 19.5 Å². The molecule has 0 bridgehead atoms. The number of aromatic nitrogens is 3. The van der Waals surface area contributed by atoms with Crippen molar-refractivity contribution in [1.29, 1.82) is 0 Å². The number of carbonyl (C=O) groups excluding carboxylic acids is 1. The van der Waals surface area contributed by atoms with Gasteiger partial charge in [-0.25, -0.2) is 9.78 Å². The fourth-order valence-corrected chi connectivity index (χ4v) is 2.99. The topological polar surface area (TPSA) is 121 Å². The number of amides is 2. The summed E-state index contributed by atoms with van der Waals surface area (Å²) in [7, 11) is 3.00. The van der Waals surface area contributed by atoms with Crippen LogP contribution in [-0.2, 0) is 6.61 Å². The predicted molar refractivity (Wildman–Crippen MR) is 105 cm³/mol. The van der Waals surface area contributed by atoms with Gasteiger partial charge in [0.1, 0.15) is 11.6 Å². The molecule has 2 aromatic heterocycles. The molecule has 3 rings (SSSR count). The van der Waals surface area contributed by atoms with Gasteiger partial charge in [0, 0.05) is 6.07 Å². The van der Waals surface area contributed by atoms with Crippen LogP contribution >= 0.6 is 11.6 Å². The summed E-state index contributed by atoms with van der Waals surface area (Å²) in [5, 5.41) is 22.9. The number of rotatable bonds is 6. The SMILES string of the molecule is COc1cc(C(C)NC(=O)Nc2cc3[nH]nc(OC)c3c(CO)n2)ccc1Cl. The molecule has 4 N–H and O–H groups in total. The fourth-order valence-electron chi connectivity index (χ4n) is 2.80. The number of hydrogen-bond acceptors (Lipinski definition) is 6. The van der Waals surface area contributed by atoms with Crippen LogP contribution < -0.4 is 20.1 Å². The van der Waals surface area contributed by atoms with Crippen LogP contribution in [0.2, 0.25) is 5.02 Å². The number of anilines is 1. The lowest BCUT2D eigenvalue weighted by atomic mass is 10.1. The maximum absolute atomic E-state index is 12.4. The third-order valence-electron chi connectivity index (χ3n) is 4.19. The van der Waals surface area contributed by atoms with Gasteiger partial charge in [-0.3, -0.25) is 10.4 Å². The first-order valence-corrected chi connectivity index (χ1v) is 8.78. The summed E-state index contributed by atoms with van der Waals surface area (Å²) in [6.07, 6.45) is 0. The average molecular weight is 406 g/mol. The number of urea groups is 1. The Balaban J connectivity index is 1.76. The third kappa shape index (κ3) is 3.95. The molecule has 0 saturated heterocycles. The molecular formula is C18H20ClN5O4. The smallest absolute Gasteiger partial charge is 0.320 e. The highest BCUT2D eigenvalue weighted by Gasteiger charge is 2.16. The molecule has 3 aromatic rings. The summed E-state index contributed by atoms with van der Waals surface area (Å²) in [5.41, 5.74) is 1.75. The van der Waals surface area contributed by atoms with Gasteiger partial charge in [0.15, 0.2) is 0 Å². The zero-order valence-electron chi connectivity index (χ0n) is 15.5. The number of pyridine rings is 1. The highest BCUT2D eigenvalue weighted by atomic mass is 35.5. The molecule has 9 nitrogen and oxygen atoms in total. The van der Waals surface area contributed by atoms with E-state index in [4.69, 9.17) is 21.1 Å². The second kappa shape index (κ2) is 8.32. The summed E-state index contributed by atoms with van der Waals surface area (Å²) in [4.78, 5) is 16.6. The van der Waals surface area contributed by atoms with Crippen LogP contribution in [0, 0.1) is 0 Å². The van der Waals surface area contributed by atoms with Crippen molar-refractivity contribution in [3.05, 3.63) is 40.5 Å². The van der Waals surface area contributed by atoms with Crippen LogP contribution in [-0.4, -0.2) is 40.5 Å². The number of aliphatic hydroxyl groups excluding tert-OH is 1. The van der Waals surface area contributed by atoms with E-state index < -0.39 is 6.03 Å². The lowest BCUT2D eigenvalue weighted by Crippen LogP contribution is -2.31. The van der Waals surface area contributed by atoms with E-state index in [1.54, 1.807) is 24.3 Å². The Kier molecular flexibility index (Phi) is 5.86. The van der Waals surface area contributed by atoms with Crippen LogP contribution in [0.5, 0.6) is 11.6 Å². The number of nitrogens with one attached hydrogen (secondary N) is 3. The summed E-state index contributed by atoms with van der Waals surface area (Å²) in [6, 6.07) is 6.13. The number of halogens is 1. The Bertz CT molecular complexity index is 1010. The molecular weight excluding hydrogens is 386 g/mol. The Hall–Kier alpha value is -3.04. The van der Waals surface area contributed by atoms with Crippen LogP contribution in [0.1, 0.15) is 24.2 Å². The van der Waals surface area contributed by atoms with Gasteiger partial charge < -0.3 is 19.9 Å². The summed E-state index contributed by atoms with van der Waals surface area (Å²) in [5.74, 6) is 1.12. The van der Waals surface area contributed by atoms with Gasteiger partial charge >= 0.3 is 6.03 Å². The first-order chi connectivity index (χ1) is 13.5. The minimum atomic E-state index is -0.455. The van der Waals surface area contributed by atoms with Crippen molar-refractivity contribution in [2.45, 2.75) is 19.6 Å². The number of benzene rings is 1. The van der Waals surface area contributed by atoms with Gasteiger partial charge in [0.2, 0.25) is 5.88 Å². The van der Waals surface area contributed by atoms with Gasteiger partial charge in [-0.05, 0) is 24.6 Å². The van der Waals surface area contributed by atoms with Crippen molar-refractivity contribution < 1.29 is 19.4 Å². The maximum atomic E-state index is 12.4. The molecule has 2 amide bonds. The first kappa shape index (κ1) is 19.7. The Morgan fingerprint density at radius 1 is 1.32 bits per heavy atom. The molecule has 1 aromatic carbocycles. The maximum Gasteiger partial charge on any atom is 0.320 e. The molecule has 0 radical (unpaired) electrons. The number of aromatic amines is 1. The average Bonchev–Trinajstić information content (AvgIpc) is 3.10. The molecule has 0 saturated carbocycles. The van der Waals surface area contributed by atoms with Gasteiger partial charge in [0.05, 0.1) is 48.5 Å². The van der Waals surface area contributed by atoms with Gasteiger partial charge in [0.25, 0.3) is 0 Å². The van der Waals surface area contributed by atoms with Gasteiger partial charge in [-0.1, -0.05) is 17.7 Å². The van der Waals surface area contributed by atoms with E-state index in [0.717, 1.165) is 5.56 Å². The zero-order valence-corrected chi connectivity index (χ0v) is 16.3. The number of H-pyrrole nitrogens is 1. The van der Waals surface area contributed by atoms with Gasteiger partial charge in [-0.2, -0.15) is 0 Å². The van der Waals surface area contributed by atoms with Crippen molar-refractivity contribution in [2.24, 2.45) is 0 Å². The van der Waals surface area contributed by atoms with Crippen LogP contribution in [0.4, 0.5) is 10.6 Å². The van der Waals surface area contributed by atoms with E-state index in [0.29, 0.717) is 33.2 Å². The molecule has 28 heavy (non-hydrogen) atoms. The van der Waals surface area contributed by atoms with Gasteiger partial charge in [-0.15, -0.1) is 5.10 Å². The Morgan fingerprint density at radius 2 is 2.11 bits per heavy atom. The molecule has 0 aliphatic heterocycles. The van der Waals surface area contributed by atoms with E-state index in [1.165, 1.54) is 14.2 Å².